The molecule has 1 aliphatic rings. The largest absolute Gasteiger partial charge is 0.476 e. The number of hydrogen-bond donors (Lipinski definition) is 1. The average Bonchev–Trinajstić information content (AvgIpc) is 2.61. The van der Waals surface area contributed by atoms with E-state index in [0.717, 1.165) is 12.1 Å². The molecule has 1 aromatic rings. The molecular weight excluding hydrogens is 417 g/mol. The second kappa shape index (κ2) is 8.94. The number of nitrogens with zero attached hydrogens (tertiary/aromatic N) is 2. The highest BCUT2D eigenvalue weighted by Gasteiger charge is 2.37. The van der Waals surface area contributed by atoms with E-state index in [0.29, 0.717) is 31.7 Å². The van der Waals surface area contributed by atoms with Crippen LogP contribution in [0.5, 0.6) is 5.75 Å². The second-order valence-electron chi connectivity index (χ2n) is 8.98. The fraction of sp³-hybridized carbons (Fsp3) is 0.619. The smallest absolute Gasteiger partial charge is 0.416 e. The quantitative estimate of drug-likeness (QED) is 0.689. The maximum Gasteiger partial charge on any atom is 0.416 e. The summed E-state index contributed by atoms with van der Waals surface area (Å²) in [5, 5.41) is 9.06. The normalized spacial score (nSPS) is 16.2. The first-order valence-electron chi connectivity index (χ1n) is 9.91. The number of piperazine rings is 1. The predicted octanol–water partition coefficient (Wildman–Crippen LogP) is 4.00. The Morgan fingerprint density at radius 3 is 2.10 bits per heavy atom. The second-order valence-corrected chi connectivity index (χ2v) is 8.98. The van der Waals surface area contributed by atoms with E-state index in [2.05, 4.69) is 0 Å². The fourth-order valence-corrected chi connectivity index (χ4v) is 3.01. The Hall–Kier alpha value is -2.49. The van der Waals surface area contributed by atoms with E-state index in [1.807, 2.05) is 4.90 Å². The molecule has 1 heterocycles. The van der Waals surface area contributed by atoms with Crippen molar-refractivity contribution >= 4 is 12.1 Å². The van der Waals surface area contributed by atoms with Crippen molar-refractivity contribution in [2.75, 3.05) is 26.2 Å². The van der Waals surface area contributed by atoms with Crippen molar-refractivity contribution in [1.29, 1.82) is 0 Å². The summed E-state index contributed by atoms with van der Waals surface area (Å²) in [5.41, 5.74) is -2.72. The first-order valence-corrected chi connectivity index (χ1v) is 9.91. The molecule has 0 aromatic heterocycles. The number of esters is 1. The van der Waals surface area contributed by atoms with Crippen LogP contribution in [0.2, 0.25) is 0 Å². The monoisotopic (exact) mass is 446 g/mol. The van der Waals surface area contributed by atoms with Crippen molar-refractivity contribution in [3.63, 3.8) is 0 Å². The summed E-state index contributed by atoms with van der Waals surface area (Å²) in [6.45, 7) is 9.67. The number of rotatable bonds is 5. The van der Waals surface area contributed by atoms with Crippen LogP contribution in [0.15, 0.2) is 18.2 Å². The molecule has 0 saturated carbocycles. The van der Waals surface area contributed by atoms with E-state index in [1.54, 1.807) is 20.8 Å². The number of ether oxygens (including phenoxy) is 2. The molecule has 0 bridgehead atoms. The van der Waals surface area contributed by atoms with Crippen LogP contribution in [-0.2, 0) is 22.3 Å². The predicted molar refractivity (Wildman–Crippen MR) is 107 cm³/mol. The maximum absolute atomic E-state index is 13.3. The molecule has 1 fully saturated rings. The average molecular weight is 446 g/mol. The van der Waals surface area contributed by atoms with Gasteiger partial charge in [-0.05, 0) is 46.8 Å². The van der Waals surface area contributed by atoms with Gasteiger partial charge in [0.15, 0.2) is 5.60 Å². The van der Waals surface area contributed by atoms with Crippen LogP contribution >= 0.6 is 0 Å². The van der Waals surface area contributed by atoms with Gasteiger partial charge >= 0.3 is 18.2 Å². The van der Waals surface area contributed by atoms with E-state index in [4.69, 9.17) is 14.6 Å². The Bertz CT molecular complexity index is 810. The van der Waals surface area contributed by atoms with Crippen molar-refractivity contribution < 1.29 is 37.3 Å². The number of carbonyl (C=O) groups is 2. The van der Waals surface area contributed by atoms with Gasteiger partial charge in [0.2, 0.25) is 0 Å². The van der Waals surface area contributed by atoms with Gasteiger partial charge in [0.1, 0.15) is 11.4 Å². The lowest BCUT2D eigenvalue weighted by molar-refractivity contribution is -0.171. The lowest BCUT2D eigenvalue weighted by atomic mass is 10.1. The lowest BCUT2D eigenvalue weighted by Crippen LogP contribution is -2.48. The molecule has 1 amide bonds. The zero-order valence-electron chi connectivity index (χ0n) is 18.4. The summed E-state index contributed by atoms with van der Waals surface area (Å²) in [6, 6.07) is 3.18. The van der Waals surface area contributed by atoms with Crippen molar-refractivity contribution in [2.24, 2.45) is 0 Å². The Balaban J connectivity index is 2.26. The lowest BCUT2D eigenvalue weighted by Gasteiger charge is -2.34. The van der Waals surface area contributed by atoms with E-state index in [9.17, 15) is 22.8 Å². The molecule has 0 unspecified atom stereocenters. The highest BCUT2D eigenvalue weighted by Crippen LogP contribution is 2.35. The Morgan fingerprint density at radius 2 is 1.61 bits per heavy atom. The minimum atomic E-state index is -4.57. The molecule has 2 rings (SSSR count). The highest BCUT2D eigenvalue weighted by atomic mass is 19.4. The number of hydrogen-bond acceptors (Lipinski definition) is 5. The highest BCUT2D eigenvalue weighted by molar-refractivity contribution is 5.79. The summed E-state index contributed by atoms with van der Waals surface area (Å²) >= 11 is 0. The van der Waals surface area contributed by atoms with E-state index in [-0.39, 0.29) is 12.3 Å². The molecule has 1 aliphatic heterocycles. The number of halogens is 3. The van der Waals surface area contributed by atoms with E-state index >= 15 is 0 Å². The van der Waals surface area contributed by atoms with Crippen LogP contribution in [-0.4, -0.2) is 64.4 Å². The Kier molecular flexibility index (Phi) is 7.14. The molecule has 10 heteroatoms. The van der Waals surface area contributed by atoms with E-state index < -0.39 is 35.0 Å². The van der Waals surface area contributed by atoms with Crippen LogP contribution in [0.4, 0.5) is 18.0 Å². The maximum atomic E-state index is 13.3. The van der Waals surface area contributed by atoms with Crippen molar-refractivity contribution in [3.05, 3.63) is 29.3 Å². The van der Waals surface area contributed by atoms with Gasteiger partial charge in [0.25, 0.3) is 0 Å². The number of carbonyl (C=O) groups excluding carboxylic acids is 1. The molecule has 0 aliphatic carbocycles. The first kappa shape index (κ1) is 24.8. The third kappa shape index (κ3) is 7.02. The zero-order valence-corrected chi connectivity index (χ0v) is 18.4. The Labute approximate surface area is 179 Å². The third-order valence-electron chi connectivity index (χ3n) is 4.69. The number of amides is 1. The van der Waals surface area contributed by atoms with Crippen LogP contribution in [0.3, 0.4) is 0 Å². The van der Waals surface area contributed by atoms with Gasteiger partial charge in [-0.15, -0.1) is 0 Å². The number of carboxylic acid groups (broad SMARTS) is 1. The summed E-state index contributed by atoms with van der Waals surface area (Å²) in [5.74, 6) is -0.759. The molecule has 1 N–H and O–H groups in total. The van der Waals surface area contributed by atoms with Crippen LogP contribution in [0, 0.1) is 0 Å². The summed E-state index contributed by atoms with van der Waals surface area (Å²) in [4.78, 5) is 26.8. The molecule has 1 saturated heterocycles. The molecule has 0 spiro atoms. The topological polar surface area (TPSA) is 79.3 Å². The van der Waals surface area contributed by atoms with Gasteiger partial charge in [-0.25, -0.2) is 9.59 Å². The molecule has 174 valence electrons. The summed E-state index contributed by atoms with van der Waals surface area (Å²) in [6.07, 6.45) is -5.57. The van der Waals surface area contributed by atoms with Gasteiger partial charge in [0, 0.05) is 38.3 Å². The zero-order chi connectivity index (χ0) is 23.6. The van der Waals surface area contributed by atoms with Crippen molar-refractivity contribution in [2.45, 2.75) is 58.5 Å². The number of alkyl halides is 3. The number of benzene rings is 1. The van der Waals surface area contributed by atoms with Crippen molar-refractivity contribution in [3.8, 4) is 5.75 Å². The molecule has 7 nitrogen and oxygen atoms in total. The van der Waals surface area contributed by atoms with Gasteiger partial charge in [-0.3, -0.25) is 4.90 Å². The molecular formula is C21H29F3N2O5. The standard InChI is InChI=1S/C21H29F3N2O5/c1-19(2,3)31-17(27)20(4,5)30-16-12-15(21(22,23)24)7-6-14(16)13-25-8-10-26(11-9-25)18(28)29/h6-7,12H,8-11,13H2,1-5H3,(H,28,29). The molecule has 1 aromatic carbocycles. The van der Waals surface area contributed by atoms with Crippen LogP contribution in [0.25, 0.3) is 0 Å². The van der Waals surface area contributed by atoms with Crippen LogP contribution in [0.1, 0.15) is 45.7 Å². The summed E-state index contributed by atoms with van der Waals surface area (Å²) < 4.78 is 50.9. The van der Waals surface area contributed by atoms with Gasteiger partial charge in [0.05, 0.1) is 5.56 Å². The summed E-state index contributed by atoms with van der Waals surface area (Å²) in [7, 11) is 0. The molecule has 31 heavy (non-hydrogen) atoms. The first-order chi connectivity index (χ1) is 14.1. The molecule has 0 atom stereocenters. The van der Waals surface area contributed by atoms with E-state index in [1.165, 1.54) is 24.8 Å². The van der Waals surface area contributed by atoms with Gasteiger partial charge in [-0.1, -0.05) is 6.07 Å². The van der Waals surface area contributed by atoms with Crippen LogP contribution < -0.4 is 4.74 Å². The minimum absolute atomic E-state index is 0.0636. The minimum Gasteiger partial charge on any atom is -0.476 e. The Morgan fingerprint density at radius 1 is 1.03 bits per heavy atom. The van der Waals surface area contributed by atoms with Gasteiger partial charge in [-0.2, -0.15) is 13.2 Å². The van der Waals surface area contributed by atoms with Crippen molar-refractivity contribution in [1.82, 2.24) is 9.80 Å². The van der Waals surface area contributed by atoms with Gasteiger partial charge < -0.3 is 19.5 Å². The SMILES string of the molecule is CC(C)(C)OC(=O)C(C)(C)Oc1cc(C(F)(F)F)ccc1CN1CCN(C(=O)O)CC1. The third-order valence-corrected chi connectivity index (χ3v) is 4.69. The molecule has 0 radical (unpaired) electrons. The fourth-order valence-electron chi connectivity index (χ4n) is 3.01.